The summed E-state index contributed by atoms with van der Waals surface area (Å²) in [5.41, 5.74) is 2.21. The van der Waals surface area contributed by atoms with Crippen molar-refractivity contribution in [3.8, 4) is 0 Å². The molecule has 0 amide bonds. The van der Waals surface area contributed by atoms with Crippen molar-refractivity contribution < 1.29 is 4.39 Å². The molecule has 1 unspecified atom stereocenters. The lowest BCUT2D eigenvalue weighted by atomic mass is 10.2. The monoisotopic (exact) mass is 323 g/mol. The Morgan fingerprint density at radius 3 is 2.90 bits per heavy atom. The summed E-state index contributed by atoms with van der Waals surface area (Å²) in [7, 11) is 0. The van der Waals surface area contributed by atoms with Gasteiger partial charge in [0.1, 0.15) is 16.6 Å². The van der Waals surface area contributed by atoms with E-state index in [0.29, 0.717) is 23.4 Å². The van der Waals surface area contributed by atoms with E-state index >= 15 is 0 Å². The summed E-state index contributed by atoms with van der Waals surface area (Å²) in [4.78, 5) is 8.93. The number of fused-ring (bicyclic) bond motifs is 1. The first-order valence-electron chi connectivity index (χ1n) is 6.74. The summed E-state index contributed by atoms with van der Waals surface area (Å²) in [6.45, 7) is 3.85. The van der Waals surface area contributed by atoms with Crippen LogP contribution in [0.3, 0.4) is 0 Å². The van der Waals surface area contributed by atoms with E-state index in [0.717, 1.165) is 16.3 Å². The van der Waals surface area contributed by atoms with Crippen molar-refractivity contribution in [3.05, 3.63) is 45.9 Å². The lowest BCUT2D eigenvalue weighted by Gasteiger charge is -2.15. The molecule has 0 aliphatic rings. The van der Waals surface area contributed by atoms with Crippen LogP contribution in [-0.2, 0) is 6.42 Å². The highest BCUT2D eigenvalue weighted by molar-refractivity contribution is 7.09. The predicted octanol–water partition coefficient (Wildman–Crippen LogP) is 4.33. The van der Waals surface area contributed by atoms with Gasteiger partial charge in [0.05, 0.1) is 17.1 Å². The molecule has 1 atom stereocenters. The third kappa shape index (κ3) is 2.56. The van der Waals surface area contributed by atoms with Crippen LogP contribution in [0.2, 0.25) is 0 Å². The van der Waals surface area contributed by atoms with E-state index in [9.17, 15) is 4.39 Å². The second kappa shape index (κ2) is 5.73. The van der Waals surface area contributed by atoms with Gasteiger partial charge in [0, 0.05) is 29.9 Å². The minimum absolute atomic E-state index is 0.0538. The summed E-state index contributed by atoms with van der Waals surface area (Å²) in [5.74, 6) is 1.12. The van der Waals surface area contributed by atoms with Crippen LogP contribution < -0.4 is 0 Å². The van der Waals surface area contributed by atoms with Crippen molar-refractivity contribution in [1.29, 1.82) is 0 Å². The molecule has 3 rings (SSSR count). The summed E-state index contributed by atoms with van der Waals surface area (Å²) < 4.78 is 15.9. The molecular formula is C15H15ClFN3S. The molecular weight excluding hydrogens is 309 g/mol. The van der Waals surface area contributed by atoms with Crippen LogP contribution >= 0.6 is 22.9 Å². The highest BCUT2D eigenvalue weighted by atomic mass is 35.5. The SMILES string of the molecule is Cc1cc2c(cc1F)nc(CCCl)n2C(C)c1nccs1. The maximum atomic E-state index is 13.8. The van der Waals surface area contributed by atoms with Crippen LogP contribution in [0.1, 0.15) is 29.4 Å². The van der Waals surface area contributed by atoms with Crippen molar-refractivity contribution in [2.45, 2.75) is 26.3 Å². The Balaban J connectivity index is 2.22. The van der Waals surface area contributed by atoms with Gasteiger partial charge in [-0.15, -0.1) is 22.9 Å². The van der Waals surface area contributed by atoms with Crippen LogP contribution in [0.4, 0.5) is 4.39 Å². The molecule has 2 aromatic heterocycles. The molecule has 0 saturated carbocycles. The normalized spacial score (nSPS) is 13.0. The van der Waals surface area contributed by atoms with Gasteiger partial charge < -0.3 is 4.57 Å². The number of imidazole rings is 1. The first-order valence-corrected chi connectivity index (χ1v) is 8.15. The van der Waals surface area contributed by atoms with Crippen molar-refractivity contribution >= 4 is 34.0 Å². The third-order valence-electron chi connectivity index (χ3n) is 3.56. The molecule has 2 heterocycles. The van der Waals surface area contributed by atoms with Crippen molar-refractivity contribution in [2.24, 2.45) is 0 Å². The number of aromatic nitrogens is 3. The maximum absolute atomic E-state index is 13.8. The lowest BCUT2D eigenvalue weighted by Crippen LogP contribution is -2.11. The second-order valence-electron chi connectivity index (χ2n) is 4.97. The van der Waals surface area contributed by atoms with E-state index in [1.807, 2.05) is 11.4 Å². The Morgan fingerprint density at radius 1 is 1.43 bits per heavy atom. The van der Waals surface area contributed by atoms with Crippen LogP contribution in [-0.4, -0.2) is 20.4 Å². The quantitative estimate of drug-likeness (QED) is 0.669. The van der Waals surface area contributed by atoms with Crippen LogP contribution in [0.25, 0.3) is 11.0 Å². The number of benzene rings is 1. The number of hydrogen-bond acceptors (Lipinski definition) is 3. The smallest absolute Gasteiger partial charge is 0.128 e. The molecule has 0 aliphatic heterocycles. The standard InChI is InChI=1S/C15H15ClFN3S/c1-9-7-13-12(8-11(9)17)19-14(3-4-16)20(13)10(2)15-18-5-6-21-15/h5-8,10H,3-4H2,1-2H3. The van der Waals surface area contributed by atoms with Crippen molar-refractivity contribution in [3.63, 3.8) is 0 Å². The summed E-state index contributed by atoms with van der Waals surface area (Å²) >= 11 is 7.49. The summed E-state index contributed by atoms with van der Waals surface area (Å²) in [6, 6.07) is 3.39. The zero-order chi connectivity index (χ0) is 15.0. The average molecular weight is 324 g/mol. The number of rotatable bonds is 4. The molecule has 0 spiro atoms. The van der Waals surface area contributed by atoms with Crippen molar-refractivity contribution in [1.82, 2.24) is 14.5 Å². The fourth-order valence-corrected chi connectivity index (χ4v) is 3.37. The molecule has 0 aliphatic carbocycles. The molecule has 0 fully saturated rings. The third-order valence-corrected chi connectivity index (χ3v) is 4.69. The van der Waals surface area contributed by atoms with Gasteiger partial charge in [0.25, 0.3) is 0 Å². The van der Waals surface area contributed by atoms with Gasteiger partial charge in [-0.05, 0) is 25.5 Å². The average Bonchev–Trinajstić information content (AvgIpc) is 3.07. The Labute approximate surface area is 131 Å². The molecule has 0 N–H and O–H groups in total. The predicted molar refractivity (Wildman–Crippen MR) is 84.8 cm³/mol. The van der Waals surface area contributed by atoms with Crippen LogP contribution in [0.15, 0.2) is 23.7 Å². The largest absolute Gasteiger partial charge is 0.318 e. The molecule has 21 heavy (non-hydrogen) atoms. The van der Waals surface area contributed by atoms with E-state index in [2.05, 4.69) is 21.5 Å². The van der Waals surface area contributed by atoms with Gasteiger partial charge in [-0.3, -0.25) is 0 Å². The molecule has 0 bridgehead atoms. The fourth-order valence-electron chi connectivity index (χ4n) is 2.51. The van der Waals surface area contributed by atoms with E-state index in [1.165, 1.54) is 6.07 Å². The molecule has 1 aromatic carbocycles. The Kier molecular flexibility index (Phi) is 3.95. The van der Waals surface area contributed by atoms with Gasteiger partial charge >= 0.3 is 0 Å². The first-order chi connectivity index (χ1) is 10.1. The minimum atomic E-state index is -0.230. The fraction of sp³-hybridized carbons (Fsp3) is 0.333. The highest BCUT2D eigenvalue weighted by Crippen LogP contribution is 2.29. The number of halogens is 2. The van der Waals surface area contributed by atoms with Gasteiger partial charge in [-0.2, -0.15) is 0 Å². The number of aryl methyl sites for hydroxylation is 2. The number of thiazole rings is 1. The summed E-state index contributed by atoms with van der Waals surface area (Å²) in [6.07, 6.45) is 2.44. The Hall–Kier alpha value is -1.46. The van der Waals surface area contributed by atoms with Crippen molar-refractivity contribution in [2.75, 3.05) is 5.88 Å². The van der Waals surface area contributed by atoms with E-state index < -0.39 is 0 Å². The van der Waals surface area contributed by atoms with Gasteiger partial charge in [-0.1, -0.05) is 0 Å². The Morgan fingerprint density at radius 2 is 2.24 bits per heavy atom. The minimum Gasteiger partial charge on any atom is -0.318 e. The van der Waals surface area contributed by atoms with Gasteiger partial charge in [0.15, 0.2) is 0 Å². The number of alkyl halides is 1. The topological polar surface area (TPSA) is 30.7 Å². The summed E-state index contributed by atoms with van der Waals surface area (Å²) in [5, 5.41) is 2.96. The van der Waals surface area contributed by atoms with E-state index in [4.69, 9.17) is 11.6 Å². The molecule has 110 valence electrons. The van der Waals surface area contributed by atoms with E-state index in [1.54, 1.807) is 24.5 Å². The molecule has 6 heteroatoms. The number of nitrogens with zero attached hydrogens (tertiary/aromatic N) is 3. The zero-order valence-electron chi connectivity index (χ0n) is 11.8. The first kappa shape index (κ1) is 14.5. The molecule has 0 saturated heterocycles. The second-order valence-corrected chi connectivity index (χ2v) is 6.28. The van der Waals surface area contributed by atoms with Gasteiger partial charge in [0.2, 0.25) is 0 Å². The molecule has 0 radical (unpaired) electrons. The zero-order valence-corrected chi connectivity index (χ0v) is 13.4. The van der Waals surface area contributed by atoms with Crippen LogP contribution in [0.5, 0.6) is 0 Å². The Bertz CT molecular complexity index is 767. The molecule has 3 nitrogen and oxygen atoms in total. The van der Waals surface area contributed by atoms with E-state index in [-0.39, 0.29) is 11.9 Å². The lowest BCUT2D eigenvalue weighted by molar-refractivity contribution is 0.614. The maximum Gasteiger partial charge on any atom is 0.128 e. The molecule has 3 aromatic rings. The van der Waals surface area contributed by atoms with Gasteiger partial charge in [-0.25, -0.2) is 14.4 Å². The van der Waals surface area contributed by atoms with Crippen LogP contribution in [0, 0.1) is 12.7 Å². The number of hydrogen-bond donors (Lipinski definition) is 0. The highest BCUT2D eigenvalue weighted by Gasteiger charge is 2.19.